The number of rotatable bonds is 5. The Morgan fingerprint density at radius 3 is 2.95 bits per heavy atom. The van der Waals surface area contributed by atoms with Crippen LogP contribution in [-0.2, 0) is 9.59 Å². The molecule has 1 unspecified atom stereocenters. The van der Waals surface area contributed by atoms with Gasteiger partial charge in [0.1, 0.15) is 6.04 Å². The molecule has 0 fully saturated rings. The van der Waals surface area contributed by atoms with Gasteiger partial charge in [-0.15, -0.1) is 0 Å². The molecule has 1 amide bonds. The van der Waals surface area contributed by atoms with Crippen molar-refractivity contribution in [3.8, 4) is 0 Å². The summed E-state index contributed by atoms with van der Waals surface area (Å²) in [5.74, 6) is -1.40. The highest BCUT2D eigenvalue weighted by atomic mass is 32.2. The Bertz CT molecular complexity index is 459. The van der Waals surface area contributed by atoms with Crippen LogP contribution in [-0.4, -0.2) is 46.2 Å². The molecule has 0 saturated heterocycles. The lowest BCUT2D eigenvalue weighted by atomic mass is 10.0. The standard InChI is InChI=1S/C12H17N3O3S/c1-7(2)10(11(17)18)14-9(16)5-8-6-19-12-13-3-4-15(8)12/h6-7,10H,3-5H2,1-2H3,(H,14,16)(H,17,18). The number of hydrogen-bond donors (Lipinski definition) is 2. The molecule has 0 aromatic rings. The molecule has 1 atom stereocenters. The fraction of sp³-hybridized carbons (Fsp3) is 0.583. The van der Waals surface area contributed by atoms with Crippen LogP contribution in [0, 0.1) is 5.92 Å². The molecule has 0 bridgehead atoms. The van der Waals surface area contributed by atoms with Crippen molar-refractivity contribution in [2.24, 2.45) is 10.9 Å². The quantitative estimate of drug-likeness (QED) is 0.782. The Morgan fingerprint density at radius 2 is 2.32 bits per heavy atom. The van der Waals surface area contributed by atoms with Gasteiger partial charge in [-0.2, -0.15) is 0 Å². The summed E-state index contributed by atoms with van der Waals surface area (Å²) in [6, 6.07) is -0.839. The lowest BCUT2D eigenvalue weighted by Crippen LogP contribution is -2.44. The number of aliphatic imine (C=N–C) groups is 1. The third kappa shape index (κ3) is 3.09. The number of amidine groups is 1. The molecule has 0 radical (unpaired) electrons. The van der Waals surface area contributed by atoms with E-state index in [4.69, 9.17) is 5.11 Å². The zero-order chi connectivity index (χ0) is 14.0. The summed E-state index contributed by atoms with van der Waals surface area (Å²) in [4.78, 5) is 29.3. The van der Waals surface area contributed by atoms with Crippen molar-refractivity contribution in [3.05, 3.63) is 11.1 Å². The third-order valence-electron chi connectivity index (χ3n) is 3.04. The topological polar surface area (TPSA) is 82.0 Å². The molecule has 2 aliphatic rings. The molecule has 2 aliphatic heterocycles. The van der Waals surface area contributed by atoms with E-state index in [1.807, 2.05) is 10.3 Å². The summed E-state index contributed by atoms with van der Waals surface area (Å²) < 4.78 is 0. The van der Waals surface area contributed by atoms with E-state index in [9.17, 15) is 9.59 Å². The molecule has 0 aromatic heterocycles. The minimum atomic E-state index is -0.999. The first-order chi connectivity index (χ1) is 8.99. The lowest BCUT2D eigenvalue weighted by Gasteiger charge is -2.20. The first kappa shape index (κ1) is 13.9. The maximum atomic E-state index is 11.9. The van der Waals surface area contributed by atoms with Crippen LogP contribution in [0.2, 0.25) is 0 Å². The summed E-state index contributed by atoms with van der Waals surface area (Å²) >= 11 is 1.51. The smallest absolute Gasteiger partial charge is 0.326 e. The number of carbonyl (C=O) groups is 2. The maximum Gasteiger partial charge on any atom is 0.326 e. The molecular weight excluding hydrogens is 266 g/mol. The number of carbonyl (C=O) groups excluding carboxylic acids is 1. The van der Waals surface area contributed by atoms with Gasteiger partial charge < -0.3 is 15.3 Å². The van der Waals surface area contributed by atoms with Crippen molar-refractivity contribution < 1.29 is 14.7 Å². The predicted octanol–water partition coefficient (Wildman–Crippen LogP) is 0.862. The number of nitrogens with one attached hydrogen (secondary N) is 1. The van der Waals surface area contributed by atoms with E-state index in [0.717, 1.165) is 24.0 Å². The van der Waals surface area contributed by atoms with Gasteiger partial charge in [-0.3, -0.25) is 9.79 Å². The van der Waals surface area contributed by atoms with Crippen molar-refractivity contribution >= 4 is 28.8 Å². The minimum Gasteiger partial charge on any atom is -0.480 e. The van der Waals surface area contributed by atoms with Crippen LogP contribution in [0.15, 0.2) is 16.1 Å². The van der Waals surface area contributed by atoms with Gasteiger partial charge in [0, 0.05) is 12.2 Å². The van der Waals surface area contributed by atoms with Crippen LogP contribution in [0.1, 0.15) is 20.3 Å². The predicted molar refractivity (Wildman–Crippen MR) is 73.7 cm³/mol. The summed E-state index contributed by atoms with van der Waals surface area (Å²) in [6.45, 7) is 5.10. The maximum absolute atomic E-state index is 11.9. The monoisotopic (exact) mass is 283 g/mol. The molecule has 7 heteroatoms. The number of aliphatic carboxylic acids is 1. The second-order valence-corrected chi connectivity index (χ2v) is 5.68. The van der Waals surface area contributed by atoms with E-state index in [-0.39, 0.29) is 18.2 Å². The second-order valence-electron chi connectivity index (χ2n) is 4.85. The molecule has 0 aromatic carbocycles. The number of hydrogen-bond acceptors (Lipinski definition) is 5. The molecular formula is C12H17N3O3S. The van der Waals surface area contributed by atoms with Gasteiger partial charge in [-0.05, 0) is 11.3 Å². The highest BCUT2D eigenvalue weighted by Crippen LogP contribution is 2.30. The van der Waals surface area contributed by atoms with Gasteiger partial charge in [0.25, 0.3) is 0 Å². The normalized spacial score (nSPS) is 19.0. The zero-order valence-electron chi connectivity index (χ0n) is 10.9. The average Bonchev–Trinajstić information content (AvgIpc) is 2.90. The van der Waals surface area contributed by atoms with E-state index in [2.05, 4.69) is 10.3 Å². The molecule has 0 aliphatic carbocycles. The second kappa shape index (κ2) is 5.64. The molecule has 6 nitrogen and oxygen atoms in total. The van der Waals surface area contributed by atoms with Crippen molar-refractivity contribution in [2.75, 3.05) is 13.1 Å². The number of nitrogens with zero attached hydrogens (tertiary/aromatic N) is 2. The highest BCUT2D eigenvalue weighted by Gasteiger charge is 2.29. The van der Waals surface area contributed by atoms with Gasteiger partial charge in [0.05, 0.1) is 13.0 Å². The fourth-order valence-electron chi connectivity index (χ4n) is 2.02. The van der Waals surface area contributed by atoms with Crippen LogP contribution < -0.4 is 5.32 Å². The van der Waals surface area contributed by atoms with E-state index >= 15 is 0 Å². The molecule has 19 heavy (non-hydrogen) atoms. The summed E-state index contributed by atoms with van der Waals surface area (Å²) in [7, 11) is 0. The Balaban J connectivity index is 1.91. The molecule has 2 rings (SSSR count). The summed E-state index contributed by atoms with van der Waals surface area (Å²) in [6.07, 6.45) is 0.197. The molecule has 0 saturated carbocycles. The SMILES string of the molecule is CC(C)C(NC(=O)CC1=CSC2=NCCN12)C(=O)O. The van der Waals surface area contributed by atoms with E-state index in [1.165, 1.54) is 11.8 Å². The van der Waals surface area contributed by atoms with Gasteiger partial charge in [-0.1, -0.05) is 25.6 Å². The van der Waals surface area contributed by atoms with Crippen LogP contribution in [0.25, 0.3) is 0 Å². The number of amides is 1. The van der Waals surface area contributed by atoms with Gasteiger partial charge in [-0.25, -0.2) is 4.79 Å². The van der Waals surface area contributed by atoms with E-state index in [0.29, 0.717) is 0 Å². The average molecular weight is 283 g/mol. The van der Waals surface area contributed by atoms with E-state index < -0.39 is 12.0 Å². The Labute approximate surface area is 115 Å². The first-order valence-electron chi connectivity index (χ1n) is 6.19. The van der Waals surface area contributed by atoms with Crippen LogP contribution in [0.4, 0.5) is 0 Å². The number of fused-ring (bicyclic) bond motifs is 1. The van der Waals surface area contributed by atoms with Crippen LogP contribution in [0.3, 0.4) is 0 Å². The van der Waals surface area contributed by atoms with Crippen molar-refractivity contribution in [1.82, 2.24) is 10.2 Å². The molecule has 2 heterocycles. The molecule has 104 valence electrons. The zero-order valence-corrected chi connectivity index (χ0v) is 11.7. The van der Waals surface area contributed by atoms with Gasteiger partial charge in [0.2, 0.25) is 5.91 Å². The highest BCUT2D eigenvalue weighted by molar-refractivity contribution is 8.16. The Kier molecular flexibility index (Phi) is 4.14. The first-order valence-corrected chi connectivity index (χ1v) is 7.07. The molecule has 0 spiro atoms. The molecule has 2 N–H and O–H groups in total. The summed E-state index contributed by atoms with van der Waals surface area (Å²) in [5.41, 5.74) is 0.895. The largest absolute Gasteiger partial charge is 0.480 e. The van der Waals surface area contributed by atoms with Gasteiger partial charge in [0.15, 0.2) is 5.17 Å². The van der Waals surface area contributed by atoms with Crippen molar-refractivity contribution in [2.45, 2.75) is 26.3 Å². The Hall–Kier alpha value is -1.50. The van der Waals surface area contributed by atoms with E-state index in [1.54, 1.807) is 13.8 Å². The Morgan fingerprint density at radius 1 is 1.58 bits per heavy atom. The minimum absolute atomic E-state index is 0.141. The van der Waals surface area contributed by atoms with Crippen LogP contribution in [0.5, 0.6) is 0 Å². The number of carboxylic acids is 1. The van der Waals surface area contributed by atoms with Crippen LogP contribution >= 0.6 is 11.8 Å². The summed E-state index contributed by atoms with van der Waals surface area (Å²) in [5, 5.41) is 14.4. The number of carboxylic acid groups (broad SMARTS) is 1. The fourth-order valence-corrected chi connectivity index (χ4v) is 2.97. The van der Waals surface area contributed by atoms with Gasteiger partial charge >= 0.3 is 5.97 Å². The number of thioether (sulfide) groups is 1. The van der Waals surface area contributed by atoms with Crippen molar-refractivity contribution in [1.29, 1.82) is 0 Å². The lowest BCUT2D eigenvalue weighted by molar-refractivity contribution is -0.143. The van der Waals surface area contributed by atoms with Crippen molar-refractivity contribution in [3.63, 3.8) is 0 Å². The third-order valence-corrected chi connectivity index (χ3v) is 3.99.